The molecule has 0 aliphatic carbocycles. The van der Waals surface area contributed by atoms with Crippen LogP contribution in [-0.2, 0) is 0 Å². The van der Waals surface area contributed by atoms with E-state index < -0.39 is 5.50 Å². The average Bonchev–Trinajstić information content (AvgIpc) is 2.40. The Labute approximate surface area is 114 Å². The highest BCUT2D eigenvalue weighted by Crippen LogP contribution is 2.29. The Balaban J connectivity index is 2.25. The number of benzene rings is 2. The SMILES string of the molecule is NC(Cl)CN1C(=O)c2cccc3cccc(c23)C1=O. The predicted molar refractivity (Wildman–Crippen MR) is 73.1 cm³/mol. The van der Waals surface area contributed by atoms with E-state index in [1.54, 1.807) is 24.3 Å². The second-order valence-electron chi connectivity index (χ2n) is 4.45. The third-order valence-electron chi connectivity index (χ3n) is 3.21. The van der Waals surface area contributed by atoms with Crippen molar-refractivity contribution in [3.8, 4) is 0 Å². The van der Waals surface area contributed by atoms with E-state index in [0.29, 0.717) is 16.5 Å². The Hall–Kier alpha value is -1.91. The lowest BCUT2D eigenvalue weighted by Gasteiger charge is -2.27. The van der Waals surface area contributed by atoms with Crippen LogP contribution < -0.4 is 5.73 Å². The highest BCUT2D eigenvalue weighted by Gasteiger charge is 2.33. The Morgan fingerprint density at radius 3 is 2.05 bits per heavy atom. The highest BCUT2D eigenvalue weighted by atomic mass is 35.5. The van der Waals surface area contributed by atoms with E-state index in [0.717, 1.165) is 10.3 Å². The zero-order valence-electron chi connectivity index (χ0n) is 9.97. The summed E-state index contributed by atoms with van der Waals surface area (Å²) in [7, 11) is 0. The van der Waals surface area contributed by atoms with Crippen molar-refractivity contribution in [2.45, 2.75) is 5.50 Å². The number of carbonyl (C=O) groups is 2. The highest BCUT2D eigenvalue weighted by molar-refractivity contribution is 6.26. The van der Waals surface area contributed by atoms with Crippen LogP contribution in [0, 0.1) is 0 Å². The molecule has 1 aliphatic heterocycles. The quantitative estimate of drug-likeness (QED) is 0.517. The minimum Gasteiger partial charge on any atom is -0.314 e. The molecule has 0 fully saturated rings. The summed E-state index contributed by atoms with van der Waals surface area (Å²) >= 11 is 5.70. The van der Waals surface area contributed by atoms with E-state index in [1.165, 1.54) is 0 Å². The van der Waals surface area contributed by atoms with Gasteiger partial charge in [0.1, 0.15) is 0 Å². The number of halogens is 1. The average molecular weight is 275 g/mol. The van der Waals surface area contributed by atoms with E-state index in [-0.39, 0.29) is 18.4 Å². The molecule has 2 amide bonds. The minimum absolute atomic E-state index is 0.00391. The summed E-state index contributed by atoms with van der Waals surface area (Å²) in [6.07, 6.45) is 0. The molecule has 96 valence electrons. The van der Waals surface area contributed by atoms with Crippen LogP contribution in [-0.4, -0.2) is 28.8 Å². The number of alkyl halides is 1. The summed E-state index contributed by atoms with van der Waals surface area (Å²) in [5, 5.41) is 1.59. The second-order valence-corrected chi connectivity index (χ2v) is 5.01. The smallest absolute Gasteiger partial charge is 0.261 e. The van der Waals surface area contributed by atoms with Crippen LogP contribution in [0.15, 0.2) is 36.4 Å². The number of imide groups is 1. The largest absolute Gasteiger partial charge is 0.314 e. The number of hydrogen-bond acceptors (Lipinski definition) is 3. The molecule has 1 unspecified atom stereocenters. The van der Waals surface area contributed by atoms with Crippen LogP contribution in [0.2, 0.25) is 0 Å². The van der Waals surface area contributed by atoms with Crippen LogP contribution in [0.3, 0.4) is 0 Å². The van der Waals surface area contributed by atoms with Crippen LogP contribution in [0.1, 0.15) is 20.7 Å². The second kappa shape index (κ2) is 4.33. The fourth-order valence-corrected chi connectivity index (χ4v) is 2.56. The van der Waals surface area contributed by atoms with Gasteiger partial charge in [0.15, 0.2) is 0 Å². The molecule has 0 radical (unpaired) electrons. The lowest BCUT2D eigenvalue weighted by atomic mass is 9.94. The van der Waals surface area contributed by atoms with E-state index in [1.807, 2.05) is 12.1 Å². The topological polar surface area (TPSA) is 63.4 Å². The molecule has 3 rings (SSSR count). The maximum absolute atomic E-state index is 12.3. The van der Waals surface area contributed by atoms with Gasteiger partial charge in [0.25, 0.3) is 11.8 Å². The monoisotopic (exact) mass is 274 g/mol. The van der Waals surface area contributed by atoms with Gasteiger partial charge in [0.2, 0.25) is 0 Å². The van der Waals surface area contributed by atoms with Gasteiger partial charge in [0.05, 0.1) is 12.0 Å². The molecule has 19 heavy (non-hydrogen) atoms. The molecule has 0 spiro atoms. The molecule has 0 aromatic heterocycles. The van der Waals surface area contributed by atoms with E-state index in [9.17, 15) is 9.59 Å². The molecular weight excluding hydrogens is 264 g/mol. The Morgan fingerprint density at radius 2 is 1.58 bits per heavy atom. The first kappa shape index (κ1) is 12.1. The zero-order chi connectivity index (χ0) is 13.6. The van der Waals surface area contributed by atoms with Gasteiger partial charge in [-0.3, -0.25) is 14.5 Å². The van der Waals surface area contributed by atoms with Crippen molar-refractivity contribution in [1.82, 2.24) is 4.90 Å². The Morgan fingerprint density at radius 1 is 1.05 bits per heavy atom. The lowest BCUT2D eigenvalue weighted by molar-refractivity contribution is 0.0610. The number of nitrogens with two attached hydrogens (primary N) is 1. The van der Waals surface area contributed by atoms with Crippen molar-refractivity contribution in [3.05, 3.63) is 47.5 Å². The molecular formula is C14H11ClN2O2. The van der Waals surface area contributed by atoms with Gasteiger partial charge in [0, 0.05) is 16.5 Å². The van der Waals surface area contributed by atoms with E-state index in [2.05, 4.69) is 0 Å². The molecule has 2 aromatic rings. The molecule has 5 heteroatoms. The first-order chi connectivity index (χ1) is 9.09. The van der Waals surface area contributed by atoms with Gasteiger partial charge in [-0.15, -0.1) is 11.6 Å². The molecule has 2 aromatic carbocycles. The maximum atomic E-state index is 12.3. The van der Waals surface area contributed by atoms with Crippen LogP contribution >= 0.6 is 11.6 Å². The normalized spacial score (nSPS) is 16.0. The number of rotatable bonds is 2. The predicted octanol–water partition coefficient (Wildman–Crippen LogP) is 1.96. The van der Waals surface area contributed by atoms with Gasteiger partial charge < -0.3 is 5.73 Å². The van der Waals surface area contributed by atoms with Crippen molar-refractivity contribution in [3.63, 3.8) is 0 Å². The molecule has 0 saturated heterocycles. The lowest BCUT2D eigenvalue weighted by Crippen LogP contribution is -2.45. The Kier molecular flexibility index (Phi) is 2.77. The molecule has 1 heterocycles. The number of nitrogens with zero attached hydrogens (tertiary/aromatic N) is 1. The molecule has 4 nitrogen and oxygen atoms in total. The van der Waals surface area contributed by atoms with Crippen molar-refractivity contribution in [2.24, 2.45) is 5.73 Å². The van der Waals surface area contributed by atoms with Crippen LogP contribution in [0.25, 0.3) is 10.8 Å². The third-order valence-corrected chi connectivity index (χ3v) is 3.35. The van der Waals surface area contributed by atoms with Crippen molar-refractivity contribution < 1.29 is 9.59 Å². The van der Waals surface area contributed by atoms with E-state index >= 15 is 0 Å². The van der Waals surface area contributed by atoms with Crippen molar-refractivity contribution in [2.75, 3.05) is 6.54 Å². The van der Waals surface area contributed by atoms with Gasteiger partial charge in [-0.25, -0.2) is 0 Å². The maximum Gasteiger partial charge on any atom is 0.261 e. The Bertz CT molecular complexity index is 646. The van der Waals surface area contributed by atoms with Crippen LogP contribution in [0.4, 0.5) is 0 Å². The summed E-state index contributed by atoms with van der Waals surface area (Å²) in [5.74, 6) is -0.684. The molecule has 0 saturated carbocycles. The standard InChI is InChI=1S/C14H11ClN2O2/c15-11(16)7-17-13(18)9-5-1-3-8-4-2-6-10(12(8)9)14(17)19/h1-6,11H,7,16H2. The number of hydrogen-bond donors (Lipinski definition) is 1. The summed E-state index contributed by atoms with van der Waals surface area (Å²) in [6.45, 7) is 0.00391. The first-order valence-electron chi connectivity index (χ1n) is 5.87. The molecule has 0 bridgehead atoms. The zero-order valence-corrected chi connectivity index (χ0v) is 10.7. The number of carbonyl (C=O) groups excluding carboxylic acids is 2. The molecule has 1 atom stereocenters. The summed E-state index contributed by atoms with van der Waals surface area (Å²) in [6, 6.07) is 10.8. The van der Waals surface area contributed by atoms with Gasteiger partial charge in [-0.2, -0.15) is 0 Å². The fraction of sp³-hybridized carbons (Fsp3) is 0.143. The first-order valence-corrected chi connectivity index (χ1v) is 6.31. The van der Waals surface area contributed by atoms with Crippen molar-refractivity contribution >= 4 is 34.2 Å². The third kappa shape index (κ3) is 1.80. The van der Waals surface area contributed by atoms with Gasteiger partial charge >= 0.3 is 0 Å². The van der Waals surface area contributed by atoms with E-state index in [4.69, 9.17) is 17.3 Å². The van der Waals surface area contributed by atoms with Crippen LogP contribution in [0.5, 0.6) is 0 Å². The molecule has 1 aliphatic rings. The molecule has 2 N–H and O–H groups in total. The van der Waals surface area contributed by atoms with Gasteiger partial charge in [-0.05, 0) is 17.5 Å². The van der Waals surface area contributed by atoms with Crippen molar-refractivity contribution in [1.29, 1.82) is 0 Å². The summed E-state index contributed by atoms with van der Waals surface area (Å²) < 4.78 is 0. The summed E-state index contributed by atoms with van der Waals surface area (Å²) in [4.78, 5) is 25.8. The number of amides is 2. The van der Waals surface area contributed by atoms with Gasteiger partial charge in [-0.1, -0.05) is 24.3 Å². The fourth-order valence-electron chi connectivity index (χ4n) is 2.42. The summed E-state index contributed by atoms with van der Waals surface area (Å²) in [5.41, 5.74) is 5.76. The minimum atomic E-state index is -0.766.